The van der Waals surface area contributed by atoms with Gasteiger partial charge < -0.3 is 0 Å². The average Bonchev–Trinajstić information content (AvgIpc) is 2.79. The molecule has 0 aromatic rings. The molecule has 0 fully saturated rings. The molecule has 134 valence electrons. The van der Waals surface area contributed by atoms with E-state index in [-0.39, 0.29) is 5.16 Å². The fraction of sp³-hybridized carbons (Fsp3) is 0.609. The van der Waals surface area contributed by atoms with Gasteiger partial charge in [-0.3, -0.25) is 0 Å². The summed E-state index contributed by atoms with van der Waals surface area (Å²) in [6.45, 7) is 27.3. The molecule has 0 saturated carbocycles. The molecule has 24 heavy (non-hydrogen) atoms. The first-order valence-corrected chi connectivity index (χ1v) is 11.5. The molecule has 0 bridgehead atoms. The van der Waals surface area contributed by atoms with Gasteiger partial charge in [0.2, 0.25) is 0 Å². The van der Waals surface area contributed by atoms with Crippen molar-refractivity contribution in [2.45, 2.75) is 81.3 Å². The zero-order valence-corrected chi connectivity index (χ0v) is 18.9. The third-order valence-electron chi connectivity index (χ3n) is 7.27. The maximum atomic E-state index is 2.61. The van der Waals surface area contributed by atoms with E-state index in [2.05, 4.69) is 82.8 Å². The van der Waals surface area contributed by atoms with Crippen LogP contribution in [0.25, 0.3) is 0 Å². The molecule has 0 aromatic carbocycles. The van der Waals surface area contributed by atoms with Crippen molar-refractivity contribution < 1.29 is 0 Å². The second-order valence-electron chi connectivity index (χ2n) is 9.07. The lowest BCUT2D eigenvalue weighted by Gasteiger charge is -2.43. The molecule has 0 aliphatic heterocycles. The molecule has 1 unspecified atom stereocenters. The van der Waals surface area contributed by atoms with Crippen LogP contribution in [0.15, 0.2) is 44.3 Å². The first-order valence-electron chi connectivity index (χ1n) is 9.27. The second kappa shape index (κ2) is 5.91. The average molecular weight is 345 g/mol. The van der Waals surface area contributed by atoms with Crippen LogP contribution >= 0.6 is 6.89 Å². The van der Waals surface area contributed by atoms with Gasteiger partial charge in [0.25, 0.3) is 0 Å². The Kier molecular flexibility index (Phi) is 4.82. The van der Waals surface area contributed by atoms with E-state index in [0.29, 0.717) is 5.92 Å². The van der Waals surface area contributed by atoms with Gasteiger partial charge in [-0.1, -0.05) is 40.2 Å². The molecular weight excluding hydrogens is 307 g/mol. The first-order chi connectivity index (χ1) is 10.8. The van der Waals surface area contributed by atoms with Gasteiger partial charge in [0.1, 0.15) is 0 Å². The van der Waals surface area contributed by atoms with Crippen LogP contribution in [0.1, 0.15) is 76.2 Å². The van der Waals surface area contributed by atoms with Crippen molar-refractivity contribution in [2.24, 2.45) is 5.92 Å². The van der Waals surface area contributed by atoms with Crippen molar-refractivity contribution >= 4 is 12.2 Å². The van der Waals surface area contributed by atoms with Crippen LogP contribution in [0.5, 0.6) is 0 Å². The lowest BCUT2D eigenvalue weighted by atomic mass is 10.1. The molecule has 2 atom stereocenters. The SMILES string of the molecule is CC1=C(C)C(=[P@](C)(C2=C(C)C(C)=C(C)C2C)C(C)(C)C)C(C)=C1C. The Bertz CT molecular complexity index is 756. The zero-order valence-electron chi connectivity index (χ0n) is 18.0. The van der Waals surface area contributed by atoms with Crippen LogP contribution in [-0.2, 0) is 0 Å². The van der Waals surface area contributed by atoms with Crippen molar-refractivity contribution in [1.29, 1.82) is 0 Å². The number of allylic oxidation sites excluding steroid dienone is 8. The van der Waals surface area contributed by atoms with Gasteiger partial charge in [-0.15, -0.1) is 0 Å². The minimum Gasteiger partial charge on any atom is -0.0705 e. The number of rotatable bonds is 1. The van der Waals surface area contributed by atoms with E-state index in [1.165, 1.54) is 16.7 Å². The maximum absolute atomic E-state index is 2.61. The molecule has 0 nitrogen and oxygen atoms in total. The van der Waals surface area contributed by atoms with Crippen molar-refractivity contribution in [1.82, 2.24) is 0 Å². The van der Waals surface area contributed by atoms with E-state index in [0.717, 1.165) is 0 Å². The van der Waals surface area contributed by atoms with Crippen molar-refractivity contribution in [3.8, 4) is 0 Å². The summed E-state index contributed by atoms with van der Waals surface area (Å²) in [5.74, 6) is 0.580. The van der Waals surface area contributed by atoms with Crippen LogP contribution in [0.4, 0.5) is 0 Å². The highest BCUT2D eigenvalue weighted by Crippen LogP contribution is 2.71. The Labute approximate surface area is 150 Å². The van der Waals surface area contributed by atoms with Crippen LogP contribution in [0.3, 0.4) is 0 Å². The molecule has 0 amide bonds. The summed E-state index contributed by atoms with van der Waals surface area (Å²) >= 11 is 0. The summed E-state index contributed by atoms with van der Waals surface area (Å²) in [6.07, 6.45) is 0. The summed E-state index contributed by atoms with van der Waals surface area (Å²) in [6, 6.07) is 0. The third kappa shape index (κ3) is 2.40. The smallest absolute Gasteiger partial charge is 0.00299 e. The molecule has 0 aromatic heterocycles. The van der Waals surface area contributed by atoms with Crippen LogP contribution in [-0.4, -0.2) is 17.1 Å². The van der Waals surface area contributed by atoms with Crippen molar-refractivity contribution in [3.05, 3.63) is 44.3 Å². The third-order valence-corrected chi connectivity index (χ3v) is 13.2. The molecule has 1 heteroatoms. The summed E-state index contributed by atoms with van der Waals surface area (Å²) in [5.41, 5.74) is 10.8. The highest BCUT2D eigenvalue weighted by Gasteiger charge is 2.42. The number of hydrogen-bond acceptors (Lipinski definition) is 0. The van der Waals surface area contributed by atoms with Crippen LogP contribution in [0, 0.1) is 5.92 Å². The summed E-state index contributed by atoms with van der Waals surface area (Å²) in [5, 5.41) is 3.71. The second-order valence-corrected chi connectivity index (χ2v) is 13.3. The molecule has 2 aliphatic rings. The Morgan fingerprint density at radius 3 is 1.38 bits per heavy atom. The molecule has 0 radical (unpaired) electrons. The van der Waals surface area contributed by atoms with E-state index < -0.39 is 6.89 Å². The summed E-state index contributed by atoms with van der Waals surface area (Å²) < 4.78 is 0. The van der Waals surface area contributed by atoms with E-state index >= 15 is 0 Å². The minimum atomic E-state index is -1.48. The molecule has 0 saturated heterocycles. The fourth-order valence-corrected chi connectivity index (χ4v) is 9.87. The van der Waals surface area contributed by atoms with Crippen molar-refractivity contribution in [3.63, 3.8) is 0 Å². The molecule has 2 aliphatic carbocycles. The first kappa shape index (κ1) is 19.6. The van der Waals surface area contributed by atoms with E-state index in [9.17, 15) is 0 Å². The predicted molar refractivity (Wildman–Crippen MR) is 115 cm³/mol. The standard InChI is InChI=1S/C23H37P/c1-13-14(2)18(6)21(17(13)5)24(12,23(9,10)11)22-19(7)15(3)16(4)20(22)8/h17H,1-12H3/t17?,24-/m0/s1. The maximum Gasteiger partial charge on any atom is 0.00299 e. The lowest BCUT2D eigenvalue weighted by Crippen LogP contribution is -2.24. The molecule has 0 N–H and O–H groups in total. The lowest BCUT2D eigenvalue weighted by molar-refractivity contribution is 0.771. The molecule has 2 rings (SSSR count). The van der Waals surface area contributed by atoms with Gasteiger partial charge in [0.05, 0.1) is 0 Å². The quantitative estimate of drug-likeness (QED) is 0.431. The van der Waals surface area contributed by atoms with Gasteiger partial charge in [-0.25, -0.2) is 0 Å². The summed E-state index contributed by atoms with van der Waals surface area (Å²) in [7, 11) is 0. The highest BCUT2D eigenvalue weighted by molar-refractivity contribution is 7.81. The predicted octanol–water partition coefficient (Wildman–Crippen LogP) is 7.55. The van der Waals surface area contributed by atoms with E-state index in [4.69, 9.17) is 0 Å². The van der Waals surface area contributed by atoms with E-state index in [1.54, 1.807) is 32.9 Å². The van der Waals surface area contributed by atoms with Crippen LogP contribution < -0.4 is 0 Å². The molecule has 0 spiro atoms. The molecule has 0 heterocycles. The zero-order chi connectivity index (χ0) is 18.8. The number of hydrogen-bond donors (Lipinski definition) is 0. The fourth-order valence-electron chi connectivity index (χ4n) is 4.75. The van der Waals surface area contributed by atoms with Crippen LogP contribution in [0.2, 0.25) is 0 Å². The van der Waals surface area contributed by atoms with Gasteiger partial charge >= 0.3 is 0 Å². The highest BCUT2D eigenvalue weighted by atomic mass is 31.2. The Morgan fingerprint density at radius 2 is 1.08 bits per heavy atom. The largest absolute Gasteiger partial charge is 0.0705 e. The minimum absolute atomic E-state index is 0.269. The van der Waals surface area contributed by atoms with Crippen molar-refractivity contribution in [2.75, 3.05) is 6.66 Å². The van der Waals surface area contributed by atoms with Gasteiger partial charge in [0.15, 0.2) is 0 Å². The Morgan fingerprint density at radius 1 is 0.667 bits per heavy atom. The summed E-state index contributed by atoms with van der Waals surface area (Å²) in [4.78, 5) is 0. The molecular formula is C23H37P. The van der Waals surface area contributed by atoms with Gasteiger partial charge in [0, 0.05) is 5.92 Å². The van der Waals surface area contributed by atoms with E-state index in [1.807, 2.05) is 0 Å². The Balaban J connectivity index is 3.01. The topological polar surface area (TPSA) is 0 Å². The normalized spacial score (nSPS) is 25.5. The monoisotopic (exact) mass is 344 g/mol. The van der Waals surface area contributed by atoms with Gasteiger partial charge in [-0.05, 0) is 104 Å². The van der Waals surface area contributed by atoms with Gasteiger partial charge in [-0.2, -0.15) is 0 Å². The Hall–Kier alpha value is -0.740.